The summed E-state index contributed by atoms with van der Waals surface area (Å²) in [6.45, 7) is 0. The van der Waals surface area contributed by atoms with Crippen molar-refractivity contribution < 1.29 is 24.5 Å². The van der Waals surface area contributed by atoms with E-state index in [1.807, 2.05) is 30.3 Å². The summed E-state index contributed by atoms with van der Waals surface area (Å²) in [7, 11) is 1.43. The molecule has 1 atom stereocenters. The number of aliphatic hydroxyl groups is 1. The van der Waals surface area contributed by atoms with Crippen LogP contribution in [0.25, 0.3) is 0 Å². The standard InChI is InChI=1S/C26H22ClNO5/c1-33-22-14-8-17(15-21(22)30)24-23(20(29)13-7-16-5-3-2-4-6-16)25(31)26(32)28(24)19-11-9-18(27)10-12-19/h2-6,8-12,14-15,24,30-31H,7,13H2,1H3. The Morgan fingerprint density at radius 1 is 1.03 bits per heavy atom. The number of ether oxygens (including phenoxy) is 1. The molecule has 3 aromatic rings. The van der Waals surface area contributed by atoms with E-state index in [1.54, 1.807) is 36.4 Å². The number of aliphatic hydroxyl groups excluding tert-OH is 1. The first-order valence-corrected chi connectivity index (χ1v) is 10.7. The van der Waals surface area contributed by atoms with Crippen LogP contribution in [0.3, 0.4) is 0 Å². The van der Waals surface area contributed by atoms with Crippen LogP contribution in [-0.4, -0.2) is 29.0 Å². The molecular weight excluding hydrogens is 442 g/mol. The predicted molar refractivity (Wildman–Crippen MR) is 126 cm³/mol. The molecule has 0 aliphatic carbocycles. The molecule has 3 aromatic carbocycles. The topological polar surface area (TPSA) is 87.1 Å². The van der Waals surface area contributed by atoms with Crippen molar-refractivity contribution in [2.45, 2.75) is 18.9 Å². The fourth-order valence-corrected chi connectivity index (χ4v) is 4.11. The van der Waals surface area contributed by atoms with E-state index in [2.05, 4.69) is 0 Å². The Kier molecular flexibility index (Phi) is 6.38. The second kappa shape index (κ2) is 9.38. The van der Waals surface area contributed by atoms with Gasteiger partial charge < -0.3 is 14.9 Å². The maximum absolute atomic E-state index is 13.3. The van der Waals surface area contributed by atoms with Gasteiger partial charge in [-0.05, 0) is 53.9 Å². The lowest BCUT2D eigenvalue weighted by Gasteiger charge is -2.27. The van der Waals surface area contributed by atoms with E-state index in [0.717, 1.165) is 5.56 Å². The van der Waals surface area contributed by atoms with Crippen molar-refractivity contribution in [1.82, 2.24) is 0 Å². The van der Waals surface area contributed by atoms with Gasteiger partial charge in [-0.25, -0.2) is 0 Å². The van der Waals surface area contributed by atoms with Gasteiger partial charge in [0, 0.05) is 17.1 Å². The minimum absolute atomic E-state index is 0.00421. The molecule has 4 rings (SSSR count). The number of anilines is 1. The van der Waals surface area contributed by atoms with Gasteiger partial charge in [-0.3, -0.25) is 14.5 Å². The van der Waals surface area contributed by atoms with Crippen LogP contribution in [0.15, 0.2) is 84.1 Å². The number of carbonyl (C=O) groups is 2. The first-order chi connectivity index (χ1) is 15.9. The lowest BCUT2D eigenvalue weighted by atomic mass is 9.92. The maximum atomic E-state index is 13.3. The Hall–Kier alpha value is -3.77. The lowest BCUT2D eigenvalue weighted by molar-refractivity contribution is -0.118. The van der Waals surface area contributed by atoms with Crippen LogP contribution in [0.4, 0.5) is 5.69 Å². The fourth-order valence-electron chi connectivity index (χ4n) is 3.99. The summed E-state index contributed by atoms with van der Waals surface area (Å²) in [5.74, 6) is -1.52. The van der Waals surface area contributed by atoms with Crippen LogP contribution in [0.2, 0.25) is 5.02 Å². The van der Waals surface area contributed by atoms with E-state index in [1.165, 1.54) is 18.1 Å². The highest BCUT2D eigenvalue weighted by Crippen LogP contribution is 2.43. The molecule has 1 amide bonds. The van der Waals surface area contributed by atoms with Crippen LogP contribution in [0.1, 0.15) is 23.6 Å². The van der Waals surface area contributed by atoms with Crippen molar-refractivity contribution in [2.75, 3.05) is 12.0 Å². The third-order valence-electron chi connectivity index (χ3n) is 5.62. The number of phenols is 1. The molecule has 0 spiro atoms. The third-order valence-corrected chi connectivity index (χ3v) is 5.87. The van der Waals surface area contributed by atoms with Gasteiger partial charge in [0.2, 0.25) is 0 Å². The number of aromatic hydroxyl groups is 1. The van der Waals surface area contributed by atoms with Gasteiger partial charge in [-0.2, -0.15) is 0 Å². The number of aryl methyl sites for hydroxylation is 1. The van der Waals surface area contributed by atoms with E-state index >= 15 is 0 Å². The molecule has 0 fully saturated rings. The highest BCUT2D eigenvalue weighted by atomic mass is 35.5. The van der Waals surface area contributed by atoms with Crippen LogP contribution in [-0.2, 0) is 16.0 Å². The van der Waals surface area contributed by atoms with Gasteiger partial charge in [0.1, 0.15) is 0 Å². The second-order valence-corrected chi connectivity index (χ2v) is 8.09. The van der Waals surface area contributed by atoms with Crippen molar-refractivity contribution in [2.24, 2.45) is 0 Å². The zero-order valence-electron chi connectivity index (χ0n) is 17.9. The Labute approximate surface area is 196 Å². The number of phenolic OH excluding ortho intramolecular Hbond substituents is 1. The molecule has 1 unspecified atom stereocenters. The van der Waals surface area contributed by atoms with Gasteiger partial charge in [0.05, 0.1) is 18.7 Å². The molecule has 1 aliphatic heterocycles. The summed E-state index contributed by atoms with van der Waals surface area (Å²) >= 11 is 6.01. The van der Waals surface area contributed by atoms with E-state index in [9.17, 15) is 19.8 Å². The molecule has 0 radical (unpaired) electrons. The molecule has 0 saturated carbocycles. The van der Waals surface area contributed by atoms with E-state index in [4.69, 9.17) is 16.3 Å². The number of amides is 1. The van der Waals surface area contributed by atoms with E-state index in [0.29, 0.717) is 22.7 Å². The fraction of sp³-hybridized carbons (Fsp3) is 0.154. The maximum Gasteiger partial charge on any atom is 0.294 e. The van der Waals surface area contributed by atoms with Gasteiger partial charge in [-0.15, -0.1) is 0 Å². The molecule has 7 heteroatoms. The average molecular weight is 464 g/mol. The molecule has 0 aromatic heterocycles. The number of carbonyl (C=O) groups excluding carboxylic acids is 2. The van der Waals surface area contributed by atoms with Gasteiger partial charge >= 0.3 is 0 Å². The van der Waals surface area contributed by atoms with Gasteiger partial charge in [0.15, 0.2) is 23.0 Å². The number of hydrogen-bond acceptors (Lipinski definition) is 5. The monoisotopic (exact) mass is 463 g/mol. The molecule has 33 heavy (non-hydrogen) atoms. The second-order valence-electron chi connectivity index (χ2n) is 7.66. The van der Waals surface area contributed by atoms with E-state index in [-0.39, 0.29) is 29.3 Å². The molecule has 2 N–H and O–H groups in total. The predicted octanol–water partition coefficient (Wildman–Crippen LogP) is 5.16. The zero-order chi connectivity index (χ0) is 23.5. The normalized spacial score (nSPS) is 15.8. The lowest BCUT2D eigenvalue weighted by Crippen LogP contribution is -2.31. The Morgan fingerprint density at radius 2 is 1.73 bits per heavy atom. The number of hydrogen-bond donors (Lipinski definition) is 2. The molecule has 0 bridgehead atoms. The number of Topliss-reactive ketones (excluding diaryl/α,β-unsaturated/α-hetero) is 1. The number of nitrogens with zero attached hydrogens (tertiary/aromatic N) is 1. The van der Waals surface area contributed by atoms with Crippen molar-refractivity contribution in [3.63, 3.8) is 0 Å². The molecule has 0 saturated heterocycles. The van der Waals surface area contributed by atoms with Crippen LogP contribution in [0, 0.1) is 0 Å². The van der Waals surface area contributed by atoms with Crippen molar-refractivity contribution in [3.8, 4) is 11.5 Å². The van der Waals surface area contributed by atoms with Gasteiger partial charge in [-0.1, -0.05) is 48.0 Å². The molecular formula is C26H22ClNO5. The molecule has 1 heterocycles. The number of ketones is 1. The Bertz CT molecular complexity index is 1220. The quantitative estimate of drug-likeness (QED) is 0.505. The smallest absolute Gasteiger partial charge is 0.294 e. The molecule has 1 aliphatic rings. The Balaban J connectivity index is 1.75. The van der Waals surface area contributed by atoms with Gasteiger partial charge in [0.25, 0.3) is 5.91 Å². The number of rotatable bonds is 7. The summed E-state index contributed by atoms with van der Waals surface area (Å²) in [6, 6.07) is 19.8. The third kappa shape index (κ3) is 4.43. The number of methoxy groups -OCH3 is 1. The highest BCUT2D eigenvalue weighted by molar-refractivity contribution is 6.30. The van der Waals surface area contributed by atoms with E-state index < -0.39 is 17.7 Å². The molecule has 6 nitrogen and oxygen atoms in total. The minimum atomic E-state index is -0.918. The average Bonchev–Trinajstić information content (AvgIpc) is 3.09. The first kappa shape index (κ1) is 22.4. The number of benzene rings is 3. The zero-order valence-corrected chi connectivity index (χ0v) is 18.6. The summed E-state index contributed by atoms with van der Waals surface area (Å²) in [5.41, 5.74) is 1.89. The summed E-state index contributed by atoms with van der Waals surface area (Å²) < 4.78 is 5.12. The van der Waals surface area contributed by atoms with Crippen molar-refractivity contribution in [3.05, 3.63) is 100 Å². The Morgan fingerprint density at radius 3 is 2.36 bits per heavy atom. The highest BCUT2D eigenvalue weighted by Gasteiger charge is 2.44. The first-order valence-electron chi connectivity index (χ1n) is 10.4. The largest absolute Gasteiger partial charge is 0.504 e. The molecule has 168 valence electrons. The minimum Gasteiger partial charge on any atom is -0.504 e. The summed E-state index contributed by atoms with van der Waals surface area (Å²) in [5, 5.41) is 21.6. The summed E-state index contributed by atoms with van der Waals surface area (Å²) in [4.78, 5) is 27.7. The summed E-state index contributed by atoms with van der Waals surface area (Å²) in [6.07, 6.45) is 0.579. The van der Waals surface area contributed by atoms with Crippen LogP contribution < -0.4 is 9.64 Å². The SMILES string of the molecule is COc1ccc(C2C(C(=O)CCc3ccccc3)=C(O)C(=O)N2c2ccc(Cl)cc2)cc1O. The van der Waals surface area contributed by atoms with Crippen molar-refractivity contribution in [1.29, 1.82) is 0 Å². The number of halogens is 1. The van der Waals surface area contributed by atoms with Crippen LogP contribution in [0.5, 0.6) is 11.5 Å². The van der Waals surface area contributed by atoms with Crippen LogP contribution >= 0.6 is 11.6 Å². The van der Waals surface area contributed by atoms with Crippen molar-refractivity contribution >= 4 is 29.0 Å².